The van der Waals surface area contributed by atoms with Crippen LogP contribution in [0.4, 0.5) is 0 Å². The second kappa shape index (κ2) is 6.80. The lowest BCUT2D eigenvalue weighted by Gasteiger charge is -2.06. The lowest BCUT2D eigenvalue weighted by molar-refractivity contribution is 0.0958. The van der Waals surface area contributed by atoms with Crippen molar-refractivity contribution in [3.8, 4) is 11.5 Å². The van der Waals surface area contributed by atoms with Crippen LogP contribution in [0.5, 0.6) is 11.5 Å². The number of rotatable bonds is 5. The van der Waals surface area contributed by atoms with E-state index in [1.54, 1.807) is 39.3 Å². The molecule has 0 saturated heterocycles. The van der Waals surface area contributed by atoms with Crippen molar-refractivity contribution in [3.05, 3.63) is 34.3 Å². The number of benzene rings is 1. The lowest BCUT2D eigenvalue weighted by atomic mass is 10.2. The second-order valence-corrected chi connectivity index (χ2v) is 4.75. The SMILES string of the molecule is COc1ccc(OC)c(C=NNC(=O)c2snnc2C)c1. The minimum atomic E-state index is -0.347. The van der Waals surface area contributed by atoms with E-state index in [0.29, 0.717) is 27.6 Å². The first-order valence-corrected chi connectivity index (χ1v) is 6.77. The van der Waals surface area contributed by atoms with Gasteiger partial charge in [-0.05, 0) is 36.7 Å². The van der Waals surface area contributed by atoms with Gasteiger partial charge < -0.3 is 9.47 Å². The zero-order valence-corrected chi connectivity index (χ0v) is 12.6. The first-order valence-electron chi connectivity index (χ1n) is 6.00. The Labute approximate surface area is 125 Å². The minimum Gasteiger partial charge on any atom is -0.497 e. The number of amides is 1. The number of nitrogens with zero attached hydrogens (tertiary/aromatic N) is 3. The third-order valence-corrected chi connectivity index (χ3v) is 3.49. The molecule has 0 saturated carbocycles. The van der Waals surface area contributed by atoms with Crippen molar-refractivity contribution >= 4 is 23.7 Å². The van der Waals surface area contributed by atoms with Crippen molar-refractivity contribution < 1.29 is 14.3 Å². The van der Waals surface area contributed by atoms with Crippen LogP contribution in [0.1, 0.15) is 20.9 Å². The van der Waals surface area contributed by atoms with E-state index >= 15 is 0 Å². The maximum atomic E-state index is 11.8. The van der Waals surface area contributed by atoms with E-state index in [-0.39, 0.29) is 5.91 Å². The number of hydrogen-bond donors (Lipinski definition) is 1. The number of aryl methyl sites for hydroxylation is 1. The van der Waals surface area contributed by atoms with Gasteiger partial charge >= 0.3 is 0 Å². The number of carbonyl (C=O) groups excluding carboxylic acids is 1. The van der Waals surface area contributed by atoms with Crippen molar-refractivity contribution in [2.45, 2.75) is 6.92 Å². The third kappa shape index (κ3) is 3.54. The van der Waals surface area contributed by atoms with Crippen molar-refractivity contribution in [2.75, 3.05) is 14.2 Å². The Balaban J connectivity index is 2.11. The average Bonchev–Trinajstić information content (AvgIpc) is 2.93. The zero-order valence-electron chi connectivity index (χ0n) is 11.8. The highest BCUT2D eigenvalue weighted by Gasteiger charge is 2.12. The van der Waals surface area contributed by atoms with Crippen molar-refractivity contribution in [3.63, 3.8) is 0 Å². The smallest absolute Gasteiger partial charge is 0.285 e. The molecule has 1 aromatic heterocycles. The van der Waals surface area contributed by atoms with Gasteiger partial charge in [0.2, 0.25) is 0 Å². The normalized spacial score (nSPS) is 10.6. The number of ether oxygens (including phenoxy) is 2. The largest absolute Gasteiger partial charge is 0.497 e. The fourth-order valence-corrected chi connectivity index (χ4v) is 2.14. The van der Waals surface area contributed by atoms with Crippen molar-refractivity contribution in [2.24, 2.45) is 5.10 Å². The maximum Gasteiger partial charge on any atom is 0.285 e. The van der Waals surface area contributed by atoms with Gasteiger partial charge in [0, 0.05) is 5.56 Å². The zero-order chi connectivity index (χ0) is 15.2. The van der Waals surface area contributed by atoms with Gasteiger partial charge in [0.25, 0.3) is 5.91 Å². The fraction of sp³-hybridized carbons (Fsp3) is 0.231. The molecule has 1 heterocycles. The fourth-order valence-electron chi connectivity index (χ4n) is 1.59. The molecule has 0 aliphatic heterocycles. The van der Waals surface area contributed by atoms with Crippen molar-refractivity contribution in [1.29, 1.82) is 0 Å². The molecule has 21 heavy (non-hydrogen) atoms. The molecule has 7 nitrogen and oxygen atoms in total. The predicted molar refractivity (Wildman–Crippen MR) is 79.3 cm³/mol. The molecule has 0 radical (unpaired) electrons. The number of methoxy groups -OCH3 is 2. The summed E-state index contributed by atoms with van der Waals surface area (Å²) in [5, 5.41) is 7.69. The molecule has 1 amide bonds. The van der Waals surface area contributed by atoms with Crippen LogP contribution in [-0.4, -0.2) is 35.9 Å². The molecule has 8 heteroatoms. The number of hydrogen-bond acceptors (Lipinski definition) is 7. The Bertz CT molecular complexity index is 669. The molecule has 2 rings (SSSR count). The summed E-state index contributed by atoms with van der Waals surface area (Å²) >= 11 is 1.03. The van der Waals surface area contributed by atoms with Gasteiger partial charge in [-0.2, -0.15) is 5.10 Å². The molecule has 0 aliphatic carbocycles. The van der Waals surface area contributed by atoms with E-state index in [9.17, 15) is 4.79 Å². The average molecular weight is 306 g/mol. The quantitative estimate of drug-likeness (QED) is 0.670. The van der Waals surface area contributed by atoms with Crippen LogP contribution in [0.25, 0.3) is 0 Å². The van der Waals surface area contributed by atoms with Crippen LogP contribution < -0.4 is 14.9 Å². The lowest BCUT2D eigenvalue weighted by Crippen LogP contribution is -2.17. The summed E-state index contributed by atoms with van der Waals surface area (Å²) in [4.78, 5) is 12.3. The monoisotopic (exact) mass is 306 g/mol. The van der Waals surface area contributed by atoms with Gasteiger partial charge in [0.05, 0.1) is 26.1 Å². The topological polar surface area (TPSA) is 85.7 Å². The van der Waals surface area contributed by atoms with E-state index in [4.69, 9.17) is 9.47 Å². The highest BCUT2D eigenvalue weighted by molar-refractivity contribution is 7.07. The van der Waals surface area contributed by atoms with Crippen LogP contribution in [0.15, 0.2) is 23.3 Å². The van der Waals surface area contributed by atoms with Gasteiger partial charge in [0.1, 0.15) is 16.4 Å². The molecule has 1 aromatic carbocycles. The molecule has 0 atom stereocenters. The van der Waals surface area contributed by atoms with Crippen LogP contribution in [0.3, 0.4) is 0 Å². The Morgan fingerprint density at radius 1 is 1.38 bits per heavy atom. The van der Waals surface area contributed by atoms with E-state index in [1.807, 2.05) is 0 Å². The van der Waals surface area contributed by atoms with E-state index in [0.717, 1.165) is 11.5 Å². The standard InChI is InChI=1S/C13H14N4O3S/c1-8-12(21-17-15-8)13(18)16-14-7-9-6-10(19-2)4-5-11(9)20-3/h4-7H,1-3H3,(H,16,18). The molecule has 0 bridgehead atoms. The van der Waals surface area contributed by atoms with Gasteiger partial charge in [-0.15, -0.1) is 5.10 Å². The van der Waals surface area contributed by atoms with E-state index in [2.05, 4.69) is 20.1 Å². The Hall–Kier alpha value is -2.48. The first-order chi connectivity index (χ1) is 10.2. The Kier molecular flexibility index (Phi) is 4.83. The maximum absolute atomic E-state index is 11.8. The number of aromatic nitrogens is 2. The third-order valence-electron chi connectivity index (χ3n) is 2.66. The van der Waals surface area contributed by atoms with Crippen LogP contribution in [0.2, 0.25) is 0 Å². The van der Waals surface area contributed by atoms with Gasteiger partial charge in [0.15, 0.2) is 0 Å². The minimum absolute atomic E-state index is 0.347. The summed E-state index contributed by atoms with van der Waals surface area (Å²) < 4.78 is 14.1. The number of carbonyl (C=O) groups is 1. The van der Waals surface area contributed by atoms with Crippen molar-refractivity contribution in [1.82, 2.24) is 15.0 Å². The molecule has 0 aliphatic rings. The highest BCUT2D eigenvalue weighted by Crippen LogP contribution is 2.22. The summed E-state index contributed by atoms with van der Waals surface area (Å²) in [7, 11) is 3.13. The van der Waals surface area contributed by atoms with Crippen LogP contribution in [-0.2, 0) is 0 Å². The predicted octanol–water partition coefficient (Wildman–Crippen LogP) is 1.63. The van der Waals surface area contributed by atoms with Crippen LogP contribution >= 0.6 is 11.5 Å². The molecular weight excluding hydrogens is 292 g/mol. The number of nitrogens with one attached hydrogen (secondary N) is 1. The molecule has 0 unspecified atom stereocenters. The first kappa shape index (κ1) is 14.9. The van der Waals surface area contributed by atoms with Crippen LogP contribution in [0, 0.1) is 6.92 Å². The molecule has 2 aromatic rings. The molecule has 0 fully saturated rings. The number of hydrazone groups is 1. The summed E-state index contributed by atoms with van der Waals surface area (Å²) in [6, 6.07) is 5.30. The van der Waals surface area contributed by atoms with E-state index < -0.39 is 0 Å². The van der Waals surface area contributed by atoms with Gasteiger partial charge in [-0.1, -0.05) is 4.49 Å². The summed E-state index contributed by atoms with van der Waals surface area (Å²) in [5.41, 5.74) is 3.69. The summed E-state index contributed by atoms with van der Waals surface area (Å²) in [6.07, 6.45) is 1.49. The Morgan fingerprint density at radius 3 is 2.81 bits per heavy atom. The Morgan fingerprint density at radius 2 is 2.19 bits per heavy atom. The van der Waals surface area contributed by atoms with Gasteiger partial charge in [-0.3, -0.25) is 4.79 Å². The summed E-state index contributed by atoms with van der Waals surface area (Å²) in [6.45, 7) is 1.72. The molecule has 1 N–H and O–H groups in total. The summed E-state index contributed by atoms with van der Waals surface area (Å²) in [5.74, 6) is 0.955. The van der Waals surface area contributed by atoms with E-state index in [1.165, 1.54) is 6.21 Å². The highest BCUT2D eigenvalue weighted by atomic mass is 32.1. The molecule has 0 spiro atoms. The molecular formula is C13H14N4O3S. The second-order valence-electron chi connectivity index (χ2n) is 3.99. The van der Waals surface area contributed by atoms with Gasteiger partial charge in [-0.25, -0.2) is 5.43 Å². The molecule has 110 valence electrons.